The molecule has 200 valence electrons. The van der Waals surface area contributed by atoms with Gasteiger partial charge in [0.25, 0.3) is 5.91 Å². The molecule has 10 heteroatoms. The molecule has 0 saturated carbocycles. The molecule has 4 rings (SSSR count). The van der Waals surface area contributed by atoms with Crippen LogP contribution in [-0.2, 0) is 16.0 Å². The van der Waals surface area contributed by atoms with Gasteiger partial charge in [0.05, 0.1) is 22.7 Å². The SMILES string of the molecule is Cc1ccccc1N1CCN(C(=O)Cc2csc(NC(=O)CN(C(=O)c3ccccc3Cl)C(C)C)n2)CC1. The minimum absolute atomic E-state index is 0.0222. The van der Waals surface area contributed by atoms with Crippen LogP contribution in [0, 0.1) is 6.92 Å². The molecule has 0 bridgehead atoms. The third-order valence-electron chi connectivity index (χ3n) is 6.52. The molecular weight excluding hydrogens is 522 g/mol. The van der Waals surface area contributed by atoms with Gasteiger partial charge in [-0.3, -0.25) is 14.4 Å². The molecule has 1 saturated heterocycles. The number of aryl methyl sites for hydroxylation is 1. The monoisotopic (exact) mass is 553 g/mol. The van der Waals surface area contributed by atoms with E-state index in [4.69, 9.17) is 11.6 Å². The summed E-state index contributed by atoms with van der Waals surface area (Å²) in [4.78, 5) is 48.7. The van der Waals surface area contributed by atoms with E-state index in [2.05, 4.69) is 34.3 Å². The molecule has 8 nitrogen and oxygen atoms in total. The predicted octanol–water partition coefficient (Wildman–Crippen LogP) is 4.49. The first-order valence-electron chi connectivity index (χ1n) is 12.6. The van der Waals surface area contributed by atoms with E-state index >= 15 is 0 Å². The number of benzene rings is 2. The van der Waals surface area contributed by atoms with Crippen molar-refractivity contribution in [2.24, 2.45) is 0 Å². The van der Waals surface area contributed by atoms with Gasteiger partial charge in [-0.2, -0.15) is 0 Å². The lowest BCUT2D eigenvalue weighted by atomic mass is 10.1. The summed E-state index contributed by atoms with van der Waals surface area (Å²) in [5, 5.41) is 5.29. The molecule has 2 aromatic carbocycles. The van der Waals surface area contributed by atoms with Crippen LogP contribution in [0.15, 0.2) is 53.9 Å². The zero-order valence-corrected chi connectivity index (χ0v) is 23.4. The lowest BCUT2D eigenvalue weighted by Gasteiger charge is -2.36. The van der Waals surface area contributed by atoms with E-state index in [1.807, 2.05) is 30.9 Å². The normalized spacial score (nSPS) is 13.5. The first-order chi connectivity index (χ1) is 18.2. The quantitative estimate of drug-likeness (QED) is 0.444. The molecule has 0 atom stereocenters. The van der Waals surface area contributed by atoms with E-state index < -0.39 is 0 Å². The Hall–Kier alpha value is -3.43. The molecule has 1 fully saturated rings. The molecule has 0 radical (unpaired) electrons. The molecular formula is C28H32ClN5O3S. The van der Waals surface area contributed by atoms with Gasteiger partial charge in [0, 0.05) is 43.3 Å². The molecule has 3 amide bonds. The minimum Gasteiger partial charge on any atom is -0.368 e. The first-order valence-corrected chi connectivity index (χ1v) is 13.9. The summed E-state index contributed by atoms with van der Waals surface area (Å²) in [7, 11) is 0. The fraction of sp³-hybridized carbons (Fsp3) is 0.357. The number of para-hydroxylation sites is 1. The van der Waals surface area contributed by atoms with Crippen LogP contribution in [0.25, 0.3) is 0 Å². The number of amides is 3. The maximum absolute atomic E-state index is 13.0. The molecule has 1 aliphatic heterocycles. The lowest BCUT2D eigenvalue weighted by Crippen LogP contribution is -2.49. The second-order valence-corrected chi connectivity index (χ2v) is 10.8. The highest BCUT2D eigenvalue weighted by Gasteiger charge is 2.25. The van der Waals surface area contributed by atoms with Gasteiger partial charge in [-0.05, 0) is 44.5 Å². The van der Waals surface area contributed by atoms with Gasteiger partial charge >= 0.3 is 0 Å². The van der Waals surface area contributed by atoms with Crippen molar-refractivity contribution in [3.8, 4) is 0 Å². The smallest absolute Gasteiger partial charge is 0.256 e. The number of anilines is 2. The van der Waals surface area contributed by atoms with Crippen LogP contribution in [0.5, 0.6) is 0 Å². The summed E-state index contributed by atoms with van der Waals surface area (Å²) in [6.07, 6.45) is 0.180. The van der Waals surface area contributed by atoms with Gasteiger partial charge in [-0.15, -0.1) is 11.3 Å². The Morgan fingerprint density at radius 1 is 1.05 bits per heavy atom. The summed E-state index contributed by atoms with van der Waals surface area (Å²) in [5.74, 6) is -0.652. The Balaban J connectivity index is 1.29. The van der Waals surface area contributed by atoms with E-state index in [0.717, 1.165) is 13.1 Å². The topological polar surface area (TPSA) is 85.9 Å². The maximum Gasteiger partial charge on any atom is 0.256 e. The van der Waals surface area contributed by atoms with Gasteiger partial charge in [0.15, 0.2) is 5.13 Å². The van der Waals surface area contributed by atoms with Crippen molar-refractivity contribution in [2.75, 3.05) is 42.9 Å². The van der Waals surface area contributed by atoms with Crippen LogP contribution in [0.1, 0.15) is 35.5 Å². The third-order valence-corrected chi connectivity index (χ3v) is 7.66. The fourth-order valence-electron chi connectivity index (χ4n) is 4.42. The van der Waals surface area contributed by atoms with Crippen molar-refractivity contribution in [1.29, 1.82) is 0 Å². The number of carbonyl (C=O) groups is 3. The Morgan fingerprint density at radius 2 is 1.74 bits per heavy atom. The Morgan fingerprint density at radius 3 is 2.42 bits per heavy atom. The van der Waals surface area contributed by atoms with E-state index in [1.54, 1.807) is 29.6 Å². The zero-order chi connectivity index (χ0) is 27.2. The van der Waals surface area contributed by atoms with Crippen molar-refractivity contribution in [3.05, 3.63) is 75.8 Å². The number of carbonyl (C=O) groups excluding carboxylic acids is 3. The highest BCUT2D eigenvalue weighted by molar-refractivity contribution is 7.13. The van der Waals surface area contributed by atoms with Gasteiger partial charge in [0.1, 0.15) is 6.54 Å². The molecule has 0 spiro atoms. The Kier molecular flexibility index (Phi) is 9.01. The van der Waals surface area contributed by atoms with Crippen molar-refractivity contribution < 1.29 is 14.4 Å². The van der Waals surface area contributed by atoms with Crippen LogP contribution in [0.3, 0.4) is 0 Å². The summed E-state index contributed by atoms with van der Waals surface area (Å²) < 4.78 is 0. The third kappa shape index (κ3) is 6.71. The van der Waals surface area contributed by atoms with E-state index in [0.29, 0.717) is 34.5 Å². The Labute approximate surface area is 232 Å². The molecule has 1 aliphatic rings. The summed E-state index contributed by atoms with van der Waals surface area (Å²) >= 11 is 7.45. The number of aromatic nitrogens is 1. The summed E-state index contributed by atoms with van der Waals surface area (Å²) in [6.45, 7) is 8.54. The van der Waals surface area contributed by atoms with Crippen LogP contribution in [0.4, 0.5) is 10.8 Å². The summed E-state index contributed by atoms with van der Waals surface area (Å²) in [5.41, 5.74) is 3.41. The number of hydrogen-bond acceptors (Lipinski definition) is 6. The predicted molar refractivity (Wildman–Crippen MR) is 152 cm³/mol. The molecule has 0 aliphatic carbocycles. The van der Waals surface area contributed by atoms with Gasteiger partial charge in [-0.1, -0.05) is 41.9 Å². The standard InChI is InChI=1S/C28H32ClN5O3S/c1-19(2)34(27(37)22-9-5-6-10-23(22)29)17-25(35)31-28-30-21(18-38-28)16-26(36)33-14-12-32(13-15-33)24-11-7-4-8-20(24)3/h4-11,18-19H,12-17H2,1-3H3,(H,30,31,35). The number of halogens is 1. The van der Waals surface area contributed by atoms with Gasteiger partial charge in [-0.25, -0.2) is 4.98 Å². The summed E-state index contributed by atoms with van der Waals surface area (Å²) in [6, 6.07) is 14.9. The maximum atomic E-state index is 13.0. The average Bonchev–Trinajstić information content (AvgIpc) is 3.33. The van der Waals surface area contributed by atoms with Crippen LogP contribution >= 0.6 is 22.9 Å². The zero-order valence-electron chi connectivity index (χ0n) is 21.8. The molecule has 3 aromatic rings. The van der Waals surface area contributed by atoms with Gasteiger partial charge < -0.3 is 20.0 Å². The van der Waals surface area contributed by atoms with Crippen LogP contribution in [0.2, 0.25) is 5.02 Å². The number of nitrogens with zero attached hydrogens (tertiary/aromatic N) is 4. The average molecular weight is 554 g/mol. The largest absolute Gasteiger partial charge is 0.368 e. The second-order valence-electron chi connectivity index (χ2n) is 9.53. The van der Waals surface area contributed by atoms with Crippen molar-refractivity contribution in [2.45, 2.75) is 33.2 Å². The number of hydrogen-bond donors (Lipinski definition) is 1. The van der Waals surface area contributed by atoms with E-state index in [-0.39, 0.29) is 36.7 Å². The molecule has 1 N–H and O–H groups in total. The highest BCUT2D eigenvalue weighted by atomic mass is 35.5. The fourth-order valence-corrected chi connectivity index (χ4v) is 5.36. The number of rotatable bonds is 8. The first kappa shape index (κ1) is 27.6. The van der Waals surface area contributed by atoms with Crippen LogP contribution in [-0.4, -0.2) is 71.3 Å². The number of thiazole rings is 1. The van der Waals surface area contributed by atoms with E-state index in [1.165, 1.54) is 27.5 Å². The second kappa shape index (κ2) is 12.4. The molecule has 2 heterocycles. The van der Waals surface area contributed by atoms with Crippen molar-refractivity contribution in [3.63, 3.8) is 0 Å². The molecule has 38 heavy (non-hydrogen) atoms. The van der Waals surface area contributed by atoms with E-state index in [9.17, 15) is 14.4 Å². The van der Waals surface area contributed by atoms with Gasteiger partial charge in [0.2, 0.25) is 11.8 Å². The minimum atomic E-state index is -0.362. The highest BCUT2D eigenvalue weighted by Crippen LogP contribution is 2.22. The van der Waals surface area contributed by atoms with Crippen molar-refractivity contribution >= 4 is 51.5 Å². The number of nitrogens with one attached hydrogen (secondary N) is 1. The van der Waals surface area contributed by atoms with Crippen LogP contribution < -0.4 is 10.2 Å². The molecule has 0 unspecified atom stereocenters. The molecule has 1 aromatic heterocycles. The Bertz CT molecular complexity index is 1300. The lowest BCUT2D eigenvalue weighted by molar-refractivity contribution is -0.130. The van der Waals surface area contributed by atoms with Crippen molar-refractivity contribution in [1.82, 2.24) is 14.8 Å². The number of piperazine rings is 1.